The number of aryl methyl sites for hydroxylation is 1. The quantitative estimate of drug-likeness (QED) is 0.0414. The normalized spacial score (nSPS) is 13.0. The topological polar surface area (TPSA) is 92.7 Å². The average molecular weight is 625 g/mol. The first kappa shape index (κ1) is 37.7. The van der Waals surface area contributed by atoms with Gasteiger partial charge in [0.1, 0.15) is 0 Å². The van der Waals surface area contributed by atoms with Gasteiger partial charge in [-0.05, 0) is 30.7 Å². The first-order valence-corrected chi connectivity index (χ1v) is 18.1. The fraction of sp³-hybridized carbons (Fsp3) is 0.706. The second kappa shape index (κ2) is 24.8. The van der Waals surface area contributed by atoms with Gasteiger partial charge in [-0.15, -0.1) is 0 Å². The summed E-state index contributed by atoms with van der Waals surface area (Å²) in [4.78, 5) is 15.7. The third-order valence-corrected chi connectivity index (χ3v) is 8.18. The van der Waals surface area contributed by atoms with Crippen molar-refractivity contribution >= 4 is 18.6 Å². The first-order chi connectivity index (χ1) is 21.1. The van der Waals surface area contributed by atoms with E-state index in [1.54, 1.807) is 0 Å². The highest BCUT2D eigenvalue weighted by molar-refractivity contribution is 7.47. The van der Waals surface area contributed by atoms with Crippen molar-refractivity contribution < 1.29 is 37.8 Å². The minimum absolute atomic E-state index is 0.114. The number of phosphoric acid groups is 1. The van der Waals surface area contributed by atoms with Crippen LogP contribution in [-0.4, -0.2) is 51.1 Å². The molecule has 0 aromatic heterocycles. The zero-order chi connectivity index (χ0) is 30.9. The molecule has 246 valence electrons. The summed E-state index contributed by atoms with van der Waals surface area (Å²) in [5.74, 6) is 0.464. The minimum atomic E-state index is -4.44. The second-order valence-electron chi connectivity index (χ2n) is 11.0. The van der Waals surface area contributed by atoms with E-state index in [-0.39, 0.29) is 13.2 Å². The largest absolute Gasteiger partial charge is 0.508 e. The summed E-state index contributed by atoms with van der Waals surface area (Å²) >= 11 is 0. The summed E-state index contributed by atoms with van der Waals surface area (Å²) in [6.07, 6.45) is 19.1. The van der Waals surface area contributed by atoms with Gasteiger partial charge in [-0.25, -0.2) is 4.57 Å². The third kappa shape index (κ3) is 18.1. The molecule has 43 heavy (non-hydrogen) atoms. The average Bonchev–Trinajstić information content (AvgIpc) is 3.01. The monoisotopic (exact) mass is 624 g/mol. The Kier molecular flexibility index (Phi) is 21.7. The van der Waals surface area contributed by atoms with Crippen molar-refractivity contribution in [1.82, 2.24) is 0 Å². The van der Waals surface area contributed by atoms with Gasteiger partial charge in [0.25, 0.3) is 0 Å². The molecule has 0 fully saturated rings. The van der Waals surface area contributed by atoms with Gasteiger partial charge in [-0.1, -0.05) is 131 Å². The molecule has 1 unspecified atom stereocenters. The van der Waals surface area contributed by atoms with Crippen molar-refractivity contribution in [2.24, 2.45) is 0 Å². The molecule has 2 rings (SSSR count). The molecule has 0 aliphatic heterocycles. The van der Waals surface area contributed by atoms with E-state index in [0.717, 1.165) is 35.6 Å². The van der Waals surface area contributed by atoms with Crippen LogP contribution in [0.2, 0.25) is 0 Å². The molecular weight excluding hydrogens is 567 g/mol. The van der Waals surface area contributed by atoms with Crippen molar-refractivity contribution in [1.29, 1.82) is 0 Å². The SMILES string of the molecule is CCCCCCCCCCCCCCCCc1ccc2ccccc2c1OOP(=O)(O)OCCOCCOCCOCC. The Balaban J connectivity index is 1.67. The Hall–Kier alpha value is -1.51. The number of rotatable bonds is 29. The summed E-state index contributed by atoms with van der Waals surface area (Å²) in [6.45, 7) is 6.67. The molecule has 0 aliphatic rings. The van der Waals surface area contributed by atoms with Gasteiger partial charge in [0, 0.05) is 12.0 Å². The van der Waals surface area contributed by atoms with E-state index in [2.05, 4.69) is 6.92 Å². The second-order valence-corrected chi connectivity index (χ2v) is 12.3. The lowest BCUT2D eigenvalue weighted by Gasteiger charge is -2.15. The van der Waals surface area contributed by atoms with Gasteiger partial charge >= 0.3 is 7.82 Å². The summed E-state index contributed by atoms with van der Waals surface area (Å²) in [5.41, 5.74) is 0.949. The smallest absolute Gasteiger partial charge is 0.379 e. The molecule has 0 aliphatic carbocycles. The van der Waals surface area contributed by atoms with Crippen LogP contribution in [0.4, 0.5) is 0 Å². The molecule has 0 saturated carbocycles. The molecule has 1 atom stereocenters. The van der Waals surface area contributed by atoms with Gasteiger partial charge in [0.15, 0.2) is 5.75 Å². The zero-order valence-electron chi connectivity index (χ0n) is 26.8. The molecular formula is C34H57O8P. The number of phosphoric ester groups is 1. The van der Waals surface area contributed by atoms with E-state index in [4.69, 9.17) is 28.3 Å². The molecule has 2 aromatic rings. The molecule has 1 N–H and O–H groups in total. The van der Waals surface area contributed by atoms with Gasteiger partial charge < -0.3 is 24.0 Å². The lowest BCUT2D eigenvalue weighted by atomic mass is 10.00. The summed E-state index contributed by atoms with van der Waals surface area (Å²) in [5, 5.41) is 1.80. The summed E-state index contributed by atoms with van der Waals surface area (Å²) in [6, 6.07) is 11.8. The predicted octanol–water partition coefficient (Wildman–Crippen LogP) is 9.36. The number of fused-ring (bicyclic) bond motifs is 1. The molecule has 2 aromatic carbocycles. The van der Waals surface area contributed by atoms with Crippen LogP contribution in [0.5, 0.6) is 5.75 Å². The number of unbranched alkanes of at least 4 members (excludes halogenated alkanes) is 13. The van der Waals surface area contributed by atoms with Crippen molar-refractivity contribution in [3.05, 3.63) is 42.0 Å². The fourth-order valence-electron chi connectivity index (χ4n) is 5.00. The van der Waals surface area contributed by atoms with Crippen LogP contribution >= 0.6 is 7.82 Å². The van der Waals surface area contributed by atoms with E-state index in [0.29, 0.717) is 38.8 Å². The van der Waals surface area contributed by atoms with Crippen LogP contribution in [-0.2, 0) is 34.4 Å². The highest BCUT2D eigenvalue weighted by Gasteiger charge is 2.25. The fourth-order valence-corrected chi connectivity index (χ4v) is 5.51. The van der Waals surface area contributed by atoms with Gasteiger partial charge in [0.2, 0.25) is 0 Å². The number of hydrogen-bond acceptors (Lipinski definition) is 7. The maximum atomic E-state index is 12.5. The van der Waals surface area contributed by atoms with E-state index < -0.39 is 7.82 Å². The van der Waals surface area contributed by atoms with Crippen molar-refractivity contribution in [3.8, 4) is 5.75 Å². The predicted molar refractivity (Wildman–Crippen MR) is 174 cm³/mol. The van der Waals surface area contributed by atoms with E-state index >= 15 is 0 Å². The van der Waals surface area contributed by atoms with E-state index in [1.807, 2.05) is 43.3 Å². The van der Waals surface area contributed by atoms with Crippen LogP contribution in [0.25, 0.3) is 10.8 Å². The Morgan fingerprint density at radius 3 is 1.77 bits per heavy atom. The summed E-state index contributed by atoms with van der Waals surface area (Å²) in [7, 11) is -4.44. The number of hydrogen-bond donors (Lipinski definition) is 1. The number of benzene rings is 2. The van der Waals surface area contributed by atoms with Gasteiger partial charge in [-0.2, -0.15) is 0 Å². The molecule has 0 heterocycles. The van der Waals surface area contributed by atoms with Crippen LogP contribution < -0.4 is 4.89 Å². The molecule has 0 amide bonds. The Labute approximate surface area is 260 Å². The van der Waals surface area contributed by atoms with Crippen LogP contribution in [0.15, 0.2) is 36.4 Å². The minimum Gasteiger partial charge on any atom is -0.379 e. The molecule has 0 radical (unpaired) electrons. The highest BCUT2D eigenvalue weighted by Crippen LogP contribution is 2.45. The lowest BCUT2D eigenvalue weighted by molar-refractivity contribution is -0.128. The van der Waals surface area contributed by atoms with Crippen LogP contribution in [0.3, 0.4) is 0 Å². The highest BCUT2D eigenvalue weighted by atomic mass is 31.2. The Bertz CT molecular complexity index is 1000. The maximum Gasteiger partial charge on any atom is 0.508 e. The van der Waals surface area contributed by atoms with E-state index in [1.165, 1.54) is 77.0 Å². The third-order valence-electron chi connectivity index (χ3n) is 7.41. The molecule has 8 nitrogen and oxygen atoms in total. The molecule has 0 bridgehead atoms. The Morgan fingerprint density at radius 2 is 1.16 bits per heavy atom. The standard InChI is InChI=1S/C34H57O8P/c1-3-5-6-7-8-9-10-11-12-13-14-15-16-17-21-32-24-23-31-20-18-19-22-33(31)34(32)41-42-43(35,36)40-30-29-39-28-27-38-26-25-37-4-2/h18-20,22-24H,3-17,21,25-30H2,1-2H3,(H,35,36). The van der Waals surface area contributed by atoms with Crippen LogP contribution in [0, 0.1) is 0 Å². The zero-order valence-corrected chi connectivity index (χ0v) is 27.7. The summed E-state index contributed by atoms with van der Waals surface area (Å²) < 4.78 is 38.4. The van der Waals surface area contributed by atoms with Crippen molar-refractivity contribution in [2.75, 3.05) is 46.2 Å². The number of ether oxygens (including phenoxy) is 3. The lowest BCUT2D eigenvalue weighted by Crippen LogP contribution is -2.12. The van der Waals surface area contributed by atoms with Crippen molar-refractivity contribution in [3.63, 3.8) is 0 Å². The van der Waals surface area contributed by atoms with Crippen LogP contribution in [0.1, 0.15) is 109 Å². The Morgan fingerprint density at radius 1 is 0.628 bits per heavy atom. The first-order valence-electron chi connectivity index (χ1n) is 16.6. The van der Waals surface area contributed by atoms with Gasteiger partial charge in [-0.3, -0.25) is 4.52 Å². The maximum absolute atomic E-state index is 12.5. The molecule has 9 heteroatoms. The van der Waals surface area contributed by atoms with E-state index in [9.17, 15) is 9.46 Å². The molecule has 0 spiro atoms. The van der Waals surface area contributed by atoms with Crippen molar-refractivity contribution in [2.45, 2.75) is 110 Å². The van der Waals surface area contributed by atoms with Gasteiger partial charge in [0.05, 0.1) is 39.6 Å². The molecule has 0 saturated heterocycles.